The van der Waals surface area contributed by atoms with Crippen LogP contribution in [0.5, 0.6) is 5.75 Å². The molecule has 0 amide bonds. The Morgan fingerprint density at radius 1 is 1.27 bits per heavy atom. The van der Waals surface area contributed by atoms with Crippen molar-refractivity contribution < 1.29 is 10.2 Å². The Balaban J connectivity index is 2.62. The fourth-order valence-electron chi connectivity index (χ4n) is 1.34. The molecule has 0 fully saturated rings. The largest absolute Gasteiger partial charge is 0.508 e. The van der Waals surface area contributed by atoms with E-state index in [0.29, 0.717) is 5.56 Å². The van der Waals surface area contributed by atoms with Gasteiger partial charge in [0.25, 0.3) is 0 Å². The molecule has 0 atom stereocenters. The number of benzene rings is 1. The van der Waals surface area contributed by atoms with Gasteiger partial charge in [-0.05, 0) is 24.1 Å². The lowest BCUT2D eigenvalue weighted by Gasteiger charge is -2.03. The first kappa shape index (κ1) is 11.6. The first-order valence-electron chi connectivity index (χ1n) is 5.15. The summed E-state index contributed by atoms with van der Waals surface area (Å²) in [6.45, 7) is 1.90. The molecule has 2 heteroatoms. The van der Waals surface area contributed by atoms with E-state index in [1.807, 2.05) is 19.1 Å². The molecule has 0 radical (unpaired) electrons. The number of hydrogen-bond acceptors (Lipinski definition) is 2. The molecule has 0 spiro atoms. The normalized spacial score (nSPS) is 9.47. The van der Waals surface area contributed by atoms with Crippen LogP contribution in [0.4, 0.5) is 0 Å². The van der Waals surface area contributed by atoms with Crippen LogP contribution < -0.4 is 0 Å². The Bertz CT molecular complexity index is 372. The van der Waals surface area contributed by atoms with E-state index in [1.54, 1.807) is 6.07 Å². The number of aromatic hydroxyl groups is 1. The van der Waals surface area contributed by atoms with Gasteiger partial charge >= 0.3 is 0 Å². The molecule has 0 unspecified atom stereocenters. The van der Waals surface area contributed by atoms with E-state index in [1.165, 1.54) is 0 Å². The van der Waals surface area contributed by atoms with Crippen molar-refractivity contribution in [2.75, 3.05) is 0 Å². The van der Waals surface area contributed by atoms with E-state index in [4.69, 9.17) is 5.11 Å². The van der Waals surface area contributed by atoms with Gasteiger partial charge in [0.2, 0.25) is 0 Å². The highest BCUT2D eigenvalue weighted by Gasteiger charge is 2.00. The summed E-state index contributed by atoms with van der Waals surface area (Å²) in [5.74, 6) is 6.22. The van der Waals surface area contributed by atoms with E-state index in [-0.39, 0.29) is 12.4 Å². The van der Waals surface area contributed by atoms with Gasteiger partial charge in [-0.1, -0.05) is 13.0 Å². The van der Waals surface area contributed by atoms with Crippen LogP contribution in [0, 0.1) is 11.8 Å². The highest BCUT2D eigenvalue weighted by atomic mass is 16.3. The third-order valence-electron chi connectivity index (χ3n) is 2.15. The summed E-state index contributed by atoms with van der Waals surface area (Å²) in [4.78, 5) is 0. The second-order valence-electron chi connectivity index (χ2n) is 3.33. The van der Waals surface area contributed by atoms with Crippen molar-refractivity contribution in [3.8, 4) is 17.6 Å². The molecule has 15 heavy (non-hydrogen) atoms. The highest BCUT2D eigenvalue weighted by Crippen LogP contribution is 2.18. The number of phenols is 1. The summed E-state index contributed by atoms with van der Waals surface area (Å²) in [7, 11) is 0. The summed E-state index contributed by atoms with van der Waals surface area (Å²) < 4.78 is 0. The molecule has 2 N–H and O–H groups in total. The maximum Gasteiger partial charge on any atom is 0.121 e. The van der Waals surface area contributed by atoms with Crippen molar-refractivity contribution in [2.45, 2.75) is 32.8 Å². The summed E-state index contributed by atoms with van der Waals surface area (Å²) >= 11 is 0. The molecule has 1 aromatic carbocycles. The van der Waals surface area contributed by atoms with Crippen molar-refractivity contribution in [1.29, 1.82) is 0 Å². The van der Waals surface area contributed by atoms with Crippen molar-refractivity contribution in [1.82, 2.24) is 0 Å². The number of aryl methyl sites for hydroxylation is 1. The fraction of sp³-hybridized carbons (Fsp3) is 0.385. The lowest BCUT2D eigenvalue weighted by Crippen LogP contribution is -1.89. The fourth-order valence-corrected chi connectivity index (χ4v) is 1.34. The molecule has 80 valence electrons. The van der Waals surface area contributed by atoms with Gasteiger partial charge in [-0.2, -0.15) is 0 Å². The lowest BCUT2D eigenvalue weighted by atomic mass is 10.1. The average molecular weight is 204 g/mol. The van der Waals surface area contributed by atoms with E-state index in [0.717, 1.165) is 24.8 Å². The van der Waals surface area contributed by atoms with Gasteiger partial charge in [0.05, 0.1) is 6.61 Å². The Kier molecular flexibility index (Phi) is 4.73. The second kappa shape index (κ2) is 6.10. The van der Waals surface area contributed by atoms with Crippen LogP contribution in [0.2, 0.25) is 0 Å². The Hall–Kier alpha value is -1.46. The number of rotatable bonds is 3. The molecule has 0 aliphatic carbocycles. The van der Waals surface area contributed by atoms with Crippen LogP contribution in [0.1, 0.15) is 30.9 Å². The summed E-state index contributed by atoms with van der Waals surface area (Å²) in [6.07, 6.45) is 2.57. The topological polar surface area (TPSA) is 40.5 Å². The third kappa shape index (κ3) is 3.65. The molecule has 1 aromatic rings. The summed E-state index contributed by atoms with van der Waals surface area (Å²) in [5.41, 5.74) is 1.68. The molecular weight excluding hydrogens is 188 g/mol. The Labute approximate surface area is 90.6 Å². The molecule has 0 aliphatic rings. The van der Waals surface area contributed by atoms with Crippen molar-refractivity contribution in [3.05, 3.63) is 29.3 Å². The van der Waals surface area contributed by atoms with E-state index < -0.39 is 0 Å². The first-order valence-corrected chi connectivity index (χ1v) is 5.15. The lowest BCUT2D eigenvalue weighted by molar-refractivity contribution is 0.275. The van der Waals surface area contributed by atoms with E-state index in [9.17, 15) is 5.11 Å². The average Bonchev–Trinajstić information content (AvgIpc) is 2.26. The van der Waals surface area contributed by atoms with Gasteiger partial charge < -0.3 is 10.2 Å². The molecule has 2 nitrogen and oxygen atoms in total. The number of hydrogen-bond donors (Lipinski definition) is 2. The number of aliphatic hydroxyl groups excluding tert-OH is 1. The Morgan fingerprint density at radius 2 is 2.07 bits per heavy atom. The van der Waals surface area contributed by atoms with Gasteiger partial charge in [-0.25, -0.2) is 0 Å². The summed E-state index contributed by atoms with van der Waals surface area (Å²) in [6, 6.07) is 5.30. The van der Waals surface area contributed by atoms with Crippen molar-refractivity contribution >= 4 is 0 Å². The predicted octanol–water partition coefficient (Wildman–Crippen LogP) is 2.23. The van der Waals surface area contributed by atoms with Crippen LogP contribution in [0.25, 0.3) is 0 Å². The van der Waals surface area contributed by atoms with Crippen molar-refractivity contribution in [2.24, 2.45) is 0 Å². The minimum Gasteiger partial charge on any atom is -0.508 e. The standard InChI is InChI=1S/C13H16O2/c1-2-3-4-5-6-11-7-8-13(15)12(9-11)10-14/h7-9,14-15H,2,5-6,10H2,1H3. The van der Waals surface area contributed by atoms with Crippen LogP contribution in [-0.2, 0) is 13.0 Å². The molecule has 1 rings (SSSR count). The van der Waals surface area contributed by atoms with Gasteiger partial charge in [0.1, 0.15) is 5.75 Å². The SMILES string of the molecule is CCC#CCCc1ccc(O)c(CO)c1. The molecular formula is C13H16O2. The molecule has 0 aromatic heterocycles. The smallest absolute Gasteiger partial charge is 0.121 e. The molecule has 0 heterocycles. The Morgan fingerprint density at radius 3 is 2.73 bits per heavy atom. The zero-order chi connectivity index (χ0) is 11.1. The maximum absolute atomic E-state index is 9.36. The first-order chi connectivity index (χ1) is 7.27. The van der Waals surface area contributed by atoms with Crippen LogP contribution in [0.15, 0.2) is 18.2 Å². The van der Waals surface area contributed by atoms with Crippen LogP contribution >= 0.6 is 0 Å². The van der Waals surface area contributed by atoms with E-state index >= 15 is 0 Å². The molecule has 0 bridgehead atoms. The monoisotopic (exact) mass is 204 g/mol. The van der Waals surface area contributed by atoms with Crippen LogP contribution in [-0.4, -0.2) is 10.2 Å². The maximum atomic E-state index is 9.36. The minimum atomic E-state index is -0.125. The zero-order valence-corrected chi connectivity index (χ0v) is 8.95. The van der Waals surface area contributed by atoms with Gasteiger partial charge in [0, 0.05) is 18.4 Å². The zero-order valence-electron chi connectivity index (χ0n) is 8.95. The summed E-state index contributed by atoms with van der Waals surface area (Å²) in [5, 5.41) is 18.3. The molecule has 0 saturated carbocycles. The van der Waals surface area contributed by atoms with Crippen LogP contribution in [0.3, 0.4) is 0 Å². The van der Waals surface area contributed by atoms with Gasteiger partial charge in [-0.3, -0.25) is 0 Å². The van der Waals surface area contributed by atoms with Crippen molar-refractivity contribution in [3.63, 3.8) is 0 Å². The van der Waals surface area contributed by atoms with E-state index in [2.05, 4.69) is 11.8 Å². The molecule has 0 aliphatic heterocycles. The second-order valence-corrected chi connectivity index (χ2v) is 3.33. The quantitative estimate of drug-likeness (QED) is 0.741. The minimum absolute atomic E-state index is 0.125. The van der Waals surface area contributed by atoms with Gasteiger partial charge in [-0.15, -0.1) is 11.8 Å². The predicted molar refractivity (Wildman–Crippen MR) is 60.4 cm³/mol. The third-order valence-corrected chi connectivity index (χ3v) is 2.15. The number of aliphatic hydroxyl groups is 1. The molecule has 0 saturated heterocycles. The van der Waals surface area contributed by atoms with Gasteiger partial charge in [0.15, 0.2) is 0 Å². The highest BCUT2D eigenvalue weighted by molar-refractivity contribution is 5.35.